The maximum atomic E-state index is 13.4. The van der Waals surface area contributed by atoms with E-state index >= 15 is 0 Å². The van der Waals surface area contributed by atoms with E-state index in [1.807, 2.05) is 11.8 Å². The summed E-state index contributed by atoms with van der Waals surface area (Å²) in [6.45, 7) is 2.90. The summed E-state index contributed by atoms with van der Waals surface area (Å²) in [5.41, 5.74) is 0.987. The molecule has 0 saturated carbocycles. The van der Waals surface area contributed by atoms with Crippen LogP contribution in [0.2, 0.25) is 0 Å². The Kier molecular flexibility index (Phi) is 4.52. The zero-order valence-electron chi connectivity index (χ0n) is 11.5. The molecule has 0 aliphatic rings. The van der Waals surface area contributed by atoms with Gasteiger partial charge in [-0.1, -0.05) is 12.1 Å². The molecule has 0 atom stereocenters. The fourth-order valence-electron chi connectivity index (χ4n) is 2.11. The third kappa shape index (κ3) is 3.56. The average Bonchev–Trinajstić information content (AvgIpc) is 2.46. The number of anilines is 1. The first-order chi connectivity index (χ1) is 10.0. The van der Waals surface area contributed by atoms with Gasteiger partial charge >= 0.3 is 5.97 Å². The van der Waals surface area contributed by atoms with E-state index in [-0.39, 0.29) is 11.4 Å². The number of hydrogen-bond donors (Lipinski definition) is 1. The highest BCUT2D eigenvalue weighted by molar-refractivity contribution is 5.88. The molecule has 110 valence electrons. The fourth-order valence-corrected chi connectivity index (χ4v) is 2.11. The summed E-state index contributed by atoms with van der Waals surface area (Å²) in [6.07, 6.45) is 0. The third-order valence-corrected chi connectivity index (χ3v) is 3.19. The largest absolute Gasteiger partial charge is 0.478 e. The van der Waals surface area contributed by atoms with Crippen molar-refractivity contribution in [2.75, 3.05) is 11.4 Å². The molecule has 0 saturated heterocycles. The van der Waals surface area contributed by atoms with Crippen LogP contribution in [0.3, 0.4) is 0 Å². The highest BCUT2D eigenvalue weighted by atomic mass is 19.1. The molecule has 0 radical (unpaired) electrons. The van der Waals surface area contributed by atoms with E-state index in [2.05, 4.69) is 0 Å². The van der Waals surface area contributed by atoms with Gasteiger partial charge in [-0.3, -0.25) is 0 Å². The van der Waals surface area contributed by atoms with Crippen LogP contribution in [-0.2, 0) is 6.54 Å². The second kappa shape index (κ2) is 6.35. The first-order valence-electron chi connectivity index (χ1n) is 6.53. The van der Waals surface area contributed by atoms with Crippen molar-refractivity contribution in [1.29, 1.82) is 0 Å². The van der Waals surface area contributed by atoms with Gasteiger partial charge in [0.05, 0.1) is 5.56 Å². The van der Waals surface area contributed by atoms with Gasteiger partial charge in [0.2, 0.25) is 0 Å². The Bertz CT molecular complexity index is 658. The molecule has 0 heterocycles. The molecule has 0 unspecified atom stereocenters. The number of carboxylic acids is 1. The fraction of sp³-hybridized carbons (Fsp3) is 0.188. The minimum Gasteiger partial charge on any atom is -0.478 e. The Morgan fingerprint density at radius 1 is 1.19 bits per heavy atom. The van der Waals surface area contributed by atoms with Gasteiger partial charge in [0.25, 0.3) is 0 Å². The number of halogens is 2. The van der Waals surface area contributed by atoms with E-state index in [9.17, 15) is 13.6 Å². The van der Waals surface area contributed by atoms with Crippen molar-refractivity contribution in [3.05, 3.63) is 65.2 Å². The molecule has 0 spiro atoms. The van der Waals surface area contributed by atoms with Gasteiger partial charge in [0.1, 0.15) is 11.6 Å². The van der Waals surface area contributed by atoms with Gasteiger partial charge in [0.15, 0.2) is 0 Å². The van der Waals surface area contributed by atoms with E-state index in [1.165, 1.54) is 24.3 Å². The van der Waals surface area contributed by atoms with Crippen LogP contribution in [0, 0.1) is 11.6 Å². The number of rotatable bonds is 5. The van der Waals surface area contributed by atoms with E-state index < -0.39 is 11.8 Å². The van der Waals surface area contributed by atoms with E-state index in [0.717, 1.165) is 6.07 Å². The van der Waals surface area contributed by atoms with Crippen LogP contribution in [0.5, 0.6) is 0 Å². The summed E-state index contributed by atoms with van der Waals surface area (Å²) in [7, 11) is 0. The van der Waals surface area contributed by atoms with E-state index in [4.69, 9.17) is 5.11 Å². The SMILES string of the molecule is CCN(Cc1ccc(F)c(C(=O)O)c1)c1cccc(F)c1. The quantitative estimate of drug-likeness (QED) is 0.913. The van der Waals surface area contributed by atoms with E-state index in [1.54, 1.807) is 12.1 Å². The maximum absolute atomic E-state index is 13.4. The van der Waals surface area contributed by atoms with Crippen molar-refractivity contribution >= 4 is 11.7 Å². The normalized spacial score (nSPS) is 10.4. The topological polar surface area (TPSA) is 40.5 Å². The molecular weight excluding hydrogens is 276 g/mol. The Balaban J connectivity index is 2.27. The second-order valence-corrected chi connectivity index (χ2v) is 4.61. The number of benzene rings is 2. The highest BCUT2D eigenvalue weighted by Gasteiger charge is 2.13. The first-order valence-corrected chi connectivity index (χ1v) is 6.53. The van der Waals surface area contributed by atoms with Crippen molar-refractivity contribution in [2.24, 2.45) is 0 Å². The summed E-state index contributed by atoms with van der Waals surface area (Å²) in [4.78, 5) is 12.8. The summed E-state index contributed by atoms with van der Waals surface area (Å²) >= 11 is 0. The highest BCUT2D eigenvalue weighted by Crippen LogP contribution is 2.19. The minimum atomic E-state index is -1.30. The van der Waals surface area contributed by atoms with Crippen LogP contribution in [0.25, 0.3) is 0 Å². The lowest BCUT2D eigenvalue weighted by Crippen LogP contribution is -2.22. The Morgan fingerprint density at radius 3 is 2.57 bits per heavy atom. The van der Waals surface area contributed by atoms with Crippen LogP contribution in [0.15, 0.2) is 42.5 Å². The molecule has 2 aromatic carbocycles. The molecule has 3 nitrogen and oxygen atoms in total. The minimum absolute atomic E-state index is 0.337. The number of aromatic carboxylic acids is 1. The van der Waals surface area contributed by atoms with Gasteiger partial charge in [-0.15, -0.1) is 0 Å². The summed E-state index contributed by atoms with van der Waals surface area (Å²) in [6, 6.07) is 10.1. The van der Waals surface area contributed by atoms with Crippen LogP contribution in [-0.4, -0.2) is 17.6 Å². The zero-order chi connectivity index (χ0) is 15.4. The van der Waals surface area contributed by atoms with Gasteiger partial charge in [0, 0.05) is 18.8 Å². The first kappa shape index (κ1) is 15.0. The van der Waals surface area contributed by atoms with Gasteiger partial charge < -0.3 is 10.0 Å². The lowest BCUT2D eigenvalue weighted by atomic mass is 10.1. The van der Waals surface area contributed by atoms with Gasteiger partial charge in [-0.25, -0.2) is 13.6 Å². The van der Waals surface area contributed by atoms with E-state index in [0.29, 0.717) is 24.3 Å². The smallest absolute Gasteiger partial charge is 0.338 e. The molecule has 5 heteroatoms. The predicted octanol–water partition coefficient (Wildman–Crippen LogP) is 3.69. The number of hydrogen-bond acceptors (Lipinski definition) is 2. The predicted molar refractivity (Wildman–Crippen MR) is 76.5 cm³/mol. The van der Waals surface area contributed by atoms with Gasteiger partial charge in [-0.2, -0.15) is 0 Å². The average molecular weight is 291 g/mol. The van der Waals surface area contributed by atoms with Crippen LogP contribution in [0.1, 0.15) is 22.8 Å². The summed E-state index contributed by atoms with van der Waals surface area (Å²) in [5, 5.41) is 8.93. The monoisotopic (exact) mass is 291 g/mol. The molecule has 0 aromatic heterocycles. The molecular formula is C16H15F2NO2. The molecule has 2 aromatic rings. The Hall–Kier alpha value is -2.43. The Labute approximate surface area is 121 Å². The van der Waals surface area contributed by atoms with Crippen molar-refractivity contribution < 1.29 is 18.7 Å². The van der Waals surface area contributed by atoms with Crippen molar-refractivity contribution in [2.45, 2.75) is 13.5 Å². The van der Waals surface area contributed by atoms with Crippen molar-refractivity contribution in [1.82, 2.24) is 0 Å². The van der Waals surface area contributed by atoms with Crippen LogP contribution < -0.4 is 4.90 Å². The maximum Gasteiger partial charge on any atom is 0.338 e. The van der Waals surface area contributed by atoms with Crippen molar-refractivity contribution in [3.63, 3.8) is 0 Å². The van der Waals surface area contributed by atoms with Crippen LogP contribution >= 0.6 is 0 Å². The summed E-state index contributed by atoms with van der Waals surface area (Å²) < 4.78 is 26.6. The number of carboxylic acid groups (broad SMARTS) is 1. The third-order valence-electron chi connectivity index (χ3n) is 3.19. The molecule has 0 amide bonds. The zero-order valence-corrected chi connectivity index (χ0v) is 11.5. The van der Waals surface area contributed by atoms with Gasteiger partial charge in [-0.05, 0) is 42.8 Å². The standard InChI is InChI=1S/C16H15F2NO2/c1-2-19(13-5-3-4-12(17)9-13)10-11-6-7-15(18)14(8-11)16(20)21/h3-9H,2,10H2,1H3,(H,20,21). The second-order valence-electron chi connectivity index (χ2n) is 4.61. The molecule has 1 N–H and O–H groups in total. The molecule has 0 aliphatic heterocycles. The van der Waals surface area contributed by atoms with Crippen molar-refractivity contribution in [3.8, 4) is 0 Å². The lowest BCUT2D eigenvalue weighted by Gasteiger charge is -2.23. The molecule has 21 heavy (non-hydrogen) atoms. The molecule has 0 bridgehead atoms. The molecule has 2 rings (SSSR count). The molecule has 0 aliphatic carbocycles. The Morgan fingerprint density at radius 2 is 1.95 bits per heavy atom. The molecule has 0 fully saturated rings. The number of carbonyl (C=O) groups is 1. The lowest BCUT2D eigenvalue weighted by molar-refractivity contribution is 0.0691. The van der Waals surface area contributed by atoms with Crippen LogP contribution in [0.4, 0.5) is 14.5 Å². The summed E-state index contributed by atoms with van der Waals surface area (Å²) in [5.74, 6) is -2.40. The number of nitrogens with zero attached hydrogens (tertiary/aromatic N) is 1.